The number of nitrogens with one attached hydrogen (secondary N) is 1. The fraction of sp³-hybridized carbons (Fsp3) is 0.304. The predicted molar refractivity (Wildman–Crippen MR) is 126 cm³/mol. The van der Waals surface area contributed by atoms with Gasteiger partial charge >= 0.3 is 5.76 Å². The van der Waals surface area contributed by atoms with Crippen molar-refractivity contribution in [3.8, 4) is 11.5 Å². The SMILES string of the molecule is CCOc1c(Cl)cc(/C=C/C(=O)Nc2ccc3oc(=O)n(CCN(C)C)c3c2)cc1OC. The molecule has 32 heavy (non-hydrogen) atoms. The van der Waals surface area contributed by atoms with Gasteiger partial charge in [0.1, 0.15) is 0 Å². The molecule has 0 bridgehead atoms. The lowest BCUT2D eigenvalue weighted by Crippen LogP contribution is -2.23. The van der Waals surface area contributed by atoms with Gasteiger partial charge in [0.05, 0.1) is 24.3 Å². The first-order valence-electron chi connectivity index (χ1n) is 10.1. The maximum atomic E-state index is 12.5. The first-order valence-corrected chi connectivity index (χ1v) is 10.5. The highest BCUT2D eigenvalue weighted by Crippen LogP contribution is 2.36. The summed E-state index contributed by atoms with van der Waals surface area (Å²) in [6.45, 7) is 3.48. The van der Waals surface area contributed by atoms with Gasteiger partial charge in [0, 0.05) is 24.9 Å². The molecule has 1 heterocycles. The van der Waals surface area contributed by atoms with Gasteiger partial charge in [0.2, 0.25) is 5.91 Å². The van der Waals surface area contributed by atoms with Crippen molar-refractivity contribution in [2.75, 3.05) is 39.7 Å². The standard InChI is InChI=1S/C23H26ClN3O5/c1-5-31-22-17(24)12-15(13-20(22)30-4)6-9-21(28)25-16-7-8-19-18(14-16)27(23(29)32-19)11-10-26(2)3/h6-9,12-14H,5,10-11H2,1-4H3,(H,25,28)/b9-6+. The van der Waals surface area contributed by atoms with E-state index in [0.29, 0.717) is 58.6 Å². The van der Waals surface area contributed by atoms with E-state index in [1.165, 1.54) is 13.2 Å². The molecular formula is C23H26ClN3O5. The zero-order chi connectivity index (χ0) is 23.3. The molecular weight excluding hydrogens is 434 g/mol. The Hall–Kier alpha value is -3.23. The summed E-state index contributed by atoms with van der Waals surface area (Å²) < 4.78 is 17.7. The quantitative estimate of drug-likeness (QED) is 0.489. The summed E-state index contributed by atoms with van der Waals surface area (Å²) in [5, 5.41) is 3.19. The zero-order valence-electron chi connectivity index (χ0n) is 18.5. The van der Waals surface area contributed by atoms with Gasteiger partial charge < -0.3 is 24.1 Å². The molecule has 0 saturated heterocycles. The van der Waals surface area contributed by atoms with Gasteiger partial charge in [-0.15, -0.1) is 0 Å². The molecule has 3 rings (SSSR count). The average Bonchev–Trinajstić information content (AvgIpc) is 3.06. The number of oxazole rings is 1. The third kappa shape index (κ3) is 5.52. The molecule has 0 fully saturated rings. The minimum Gasteiger partial charge on any atom is -0.493 e. The number of aromatic nitrogens is 1. The first kappa shape index (κ1) is 23.4. The molecule has 9 heteroatoms. The maximum Gasteiger partial charge on any atom is 0.419 e. The van der Waals surface area contributed by atoms with E-state index in [9.17, 15) is 9.59 Å². The van der Waals surface area contributed by atoms with Gasteiger partial charge in [-0.2, -0.15) is 0 Å². The summed E-state index contributed by atoms with van der Waals surface area (Å²) in [5.74, 6) is 0.193. The molecule has 0 aliphatic rings. The van der Waals surface area contributed by atoms with E-state index >= 15 is 0 Å². The molecule has 0 spiro atoms. The molecule has 170 valence electrons. The highest BCUT2D eigenvalue weighted by molar-refractivity contribution is 6.32. The molecule has 0 aliphatic carbocycles. The smallest absolute Gasteiger partial charge is 0.419 e. The molecule has 0 saturated carbocycles. The van der Waals surface area contributed by atoms with Crippen molar-refractivity contribution < 1.29 is 18.7 Å². The van der Waals surface area contributed by atoms with E-state index in [-0.39, 0.29) is 5.91 Å². The number of methoxy groups -OCH3 is 1. The van der Waals surface area contributed by atoms with Crippen LogP contribution < -0.4 is 20.5 Å². The Kier molecular flexibility index (Phi) is 7.61. The number of hydrogen-bond acceptors (Lipinski definition) is 6. The van der Waals surface area contributed by atoms with Gasteiger partial charge in [-0.05, 0) is 63.0 Å². The monoisotopic (exact) mass is 459 g/mol. The third-order valence-electron chi connectivity index (χ3n) is 4.67. The number of carbonyl (C=O) groups is 1. The summed E-state index contributed by atoms with van der Waals surface area (Å²) in [7, 11) is 5.38. The number of amides is 1. The van der Waals surface area contributed by atoms with Crippen LogP contribution in [0.1, 0.15) is 12.5 Å². The number of anilines is 1. The number of rotatable bonds is 9. The van der Waals surface area contributed by atoms with Crippen molar-refractivity contribution in [3.05, 3.63) is 57.5 Å². The van der Waals surface area contributed by atoms with Crippen molar-refractivity contribution in [1.82, 2.24) is 9.47 Å². The van der Waals surface area contributed by atoms with Gasteiger partial charge in [0.25, 0.3) is 0 Å². The van der Waals surface area contributed by atoms with Crippen LogP contribution in [-0.4, -0.2) is 49.7 Å². The first-order chi connectivity index (χ1) is 15.3. The minimum absolute atomic E-state index is 0.334. The Morgan fingerprint density at radius 2 is 2.06 bits per heavy atom. The molecule has 1 N–H and O–H groups in total. The van der Waals surface area contributed by atoms with Crippen molar-refractivity contribution in [3.63, 3.8) is 0 Å². The van der Waals surface area contributed by atoms with Gasteiger partial charge in [-0.25, -0.2) is 4.79 Å². The van der Waals surface area contributed by atoms with Crippen LogP contribution in [0.15, 0.2) is 45.6 Å². The maximum absolute atomic E-state index is 12.5. The number of ether oxygens (including phenoxy) is 2. The van der Waals surface area contributed by atoms with Gasteiger partial charge in [-0.1, -0.05) is 11.6 Å². The zero-order valence-corrected chi connectivity index (χ0v) is 19.2. The van der Waals surface area contributed by atoms with Crippen LogP contribution in [0.5, 0.6) is 11.5 Å². The number of carbonyl (C=O) groups excluding carboxylic acids is 1. The van der Waals surface area contributed by atoms with E-state index in [4.69, 9.17) is 25.5 Å². The Labute approximate surface area is 191 Å². The second kappa shape index (κ2) is 10.4. The van der Waals surface area contributed by atoms with E-state index in [1.807, 2.05) is 25.9 Å². The lowest BCUT2D eigenvalue weighted by atomic mass is 10.2. The van der Waals surface area contributed by atoms with Crippen LogP contribution in [0.3, 0.4) is 0 Å². The molecule has 0 radical (unpaired) electrons. The van der Waals surface area contributed by atoms with E-state index < -0.39 is 5.76 Å². The van der Waals surface area contributed by atoms with Crippen molar-refractivity contribution in [2.24, 2.45) is 0 Å². The third-order valence-corrected chi connectivity index (χ3v) is 4.95. The van der Waals surface area contributed by atoms with Crippen LogP contribution in [0.25, 0.3) is 17.2 Å². The molecule has 1 aromatic heterocycles. The number of nitrogens with zero attached hydrogens (tertiary/aromatic N) is 2. The van der Waals surface area contributed by atoms with Crippen LogP contribution in [0.2, 0.25) is 5.02 Å². The van der Waals surface area contributed by atoms with Crippen LogP contribution >= 0.6 is 11.6 Å². The number of halogens is 1. The highest BCUT2D eigenvalue weighted by atomic mass is 35.5. The molecule has 2 aromatic carbocycles. The molecule has 1 amide bonds. The average molecular weight is 460 g/mol. The Balaban J connectivity index is 1.77. The normalized spacial score (nSPS) is 11.4. The number of fused-ring (bicyclic) bond motifs is 1. The van der Waals surface area contributed by atoms with Crippen LogP contribution in [-0.2, 0) is 11.3 Å². The summed E-state index contributed by atoms with van der Waals surface area (Å²) >= 11 is 6.28. The second-order valence-electron chi connectivity index (χ2n) is 7.30. The number of likely N-dealkylation sites (N-methyl/N-ethyl adjacent to an activating group) is 1. The predicted octanol–water partition coefficient (Wildman–Crippen LogP) is 3.87. The summed E-state index contributed by atoms with van der Waals surface area (Å²) in [4.78, 5) is 26.6. The van der Waals surface area contributed by atoms with Crippen molar-refractivity contribution in [1.29, 1.82) is 0 Å². The van der Waals surface area contributed by atoms with Gasteiger partial charge in [-0.3, -0.25) is 9.36 Å². The van der Waals surface area contributed by atoms with Crippen LogP contribution in [0, 0.1) is 0 Å². The van der Waals surface area contributed by atoms with E-state index in [2.05, 4.69) is 5.32 Å². The lowest BCUT2D eigenvalue weighted by molar-refractivity contribution is -0.111. The van der Waals surface area contributed by atoms with E-state index in [0.717, 1.165) is 0 Å². The van der Waals surface area contributed by atoms with E-state index in [1.54, 1.807) is 41.0 Å². The molecule has 8 nitrogen and oxygen atoms in total. The number of benzene rings is 2. The highest BCUT2D eigenvalue weighted by Gasteiger charge is 2.12. The van der Waals surface area contributed by atoms with Crippen LogP contribution in [0.4, 0.5) is 5.69 Å². The molecule has 3 aromatic rings. The largest absolute Gasteiger partial charge is 0.493 e. The Morgan fingerprint density at radius 3 is 2.75 bits per heavy atom. The van der Waals surface area contributed by atoms with Crippen molar-refractivity contribution >= 4 is 40.4 Å². The second-order valence-corrected chi connectivity index (χ2v) is 7.70. The lowest BCUT2D eigenvalue weighted by Gasteiger charge is -2.12. The minimum atomic E-state index is -0.424. The molecule has 0 atom stereocenters. The molecule has 0 unspecified atom stereocenters. The topological polar surface area (TPSA) is 85.9 Å². The molecule has 0 aliphatic heterocycles. The van der Waals surface area contributed by atoms with Crippen molar-refractivity contribution in [2.45, 2.75) is 13.5 Å². The Morgan fingerprint density at radius 1 is 1.28 bits per heavy atom. The Bertz CT molecular complexity index is 1200. The summed E-state index contributed by atoms with van der Waals surface area (Å²) in [6, 6.07) is 8.50. The van der Waals surface area contributed by atoms with Gasteiger partial charge in [0.15, 0.2) is 17.1 Å². The number of hydrogen-bond donors (Lipinski definition) is 1. The summed E-state index contributed by atoms with van der Waals surface area (Å²) in [5.41, 5.74) is 2.34. The summed E-state index contributed by atoms with van der Waals surface area (Å²) in [6.07, 6.45) is 3.02. The fourth-order valence-corrected chi connectivity index (χ4v) is 3.40. The fourth-order valence-electron chi connectivity index (χ4n) is 3.13.